The molecule has 0 radical (unpaired) electrons. The predicted molar refractivity (Wildman–Crippen MR) is 83.7 cm³/mol. The van der Waals surface area contributed by atoms with Crippen LogP contribution in [0.1, 0.15) is 11.1 Å². The van der Waals surface area contributed by atoms with Crippen LogP contribution in [0.3, 0.4) is 0 Å². The van der Waals surface area contributed by atoms with E-state index in [9.17, 15) is 4.79 Å². The third-order valence-electron chi connectivity index (χ3n) is 3.32. The predicted octanol–water partition coefficient (Wildman–Crippen LogP) is 3.15. The maximum Gasteiger partial charge on any atom is 0.348 e. The molecule has 0 aliphatic rings. The number of anilines is 1. The van der Waals surface area contributed by atoms with Gasteiger partial charge >= 0.3 is 5.63 Å². The van der Waals surface area contributed by atoms with Crippen LogP contribution in [0.5, 0.6) is 0 Å². The molecule has 0 atom stereocenters. The van der Waals surface area contributed by atoms with Gasteiger partial charge in [0.1, 0.15) is 0 Å². The Balaban J connectivity index is 1.76. The SMILES string of the molecule is Cc1ccc2nc(NCCc3ccccc3)oc(=O)c2c1. The first kappa shape index (κ1) is 13.4. The summed E-state index contributed by atoms with van der Waals surface area (Å²) in [4.78, 5) is 16.3. The van der Waals surface area contributed by atoms with Crippen LogP contribution in [0.25, 0.3) is 10.9 Å². The van der Waals surface area contributed by atoms with Crippen molar-refractivity contribution in [2.75, 3.05) is 11.9 Å². The highest BCUT2D eigenvalue weighted by atomic mass is 16.4. The Kier molecular flexibility index (Phi) is 3.69. The van der Waals surface area contributed by atoms with E-state index in [1.54, 1.807) is 6.07 Å². The third kappa shape index (κ3) is 3.11. The normalized spacial score (nSPS) is 10.7. The first-order valence-corrected chi connectivity index (χ1v) is 6.92. The number of hydrogen-bond acceptors (Lipinski definition) is 4. The molecule has 21 heavy (non-hydrogen) atoms. The molecule has 4 heteroatoms. The van der Waals surface area contributed by atoms with Crippen molar-refractivity contribution in [3.05, 3.63) is 70.1 Å². The fourth-order valence-corrected chi connectivity index (χ4v) is 2.22. The van der Waals surface area contributed by atoms with Crippen LogP contribution in [-0.4, -0.2) is 11.5 Å². The highest BCUT2D eigenvalue weighted by molar-refractivity contribution is 5.78. The monoisotopic (exact) mass is 280 g/mol. The molecule has 0 fully saturated rings. The molecule has 4 nitrogen and oxygen atoms in total. The minimum absolute atomic E-state index is 0.271. The minimum Gasteiger partial charge on any atom is -0.389 e. The third-order valence-corrected chi connectivity index (χ3v) is 3.32. The van der Waals surface area contributed by atoms with Crippen molar-refractivity contribution in [1.82, 2.24) is 4.98 Å². The van der Waals surface area contributed by atoms with Crippen LogP contribution in [-0.2, 0) is 6.42 Å². The van der Waals surface area contributed by atoms with Crippen molar-refractivity contribution in [2.24, 2.45) is 0 Å². The van der Waals surface area contributed by atoms with Crippen molar-refractivity contribution in [2.45, 2.75) is 13.3 Å². The molecular formula is C17H16N2O2. The van der Waals surface area contributed by atoms with Crippen LogP contribution in [0, 0.1) is 6.92 Å². The quantitative estimate of drug-likeness (QED) is 0.797. The first-order valence-electron chi connectivity index (χ1n) is 6.92. The van der Waals surface area contributed by atoms with Crippen LogP contribution in [0.15, 0.2) is 57.7 Å². The number of aromatic nitrogens is 1. The number of benzene rings is 2. The van der Waals surface area contributed by atoms with Gasteiger partial charge in [-0.05, 0) is 31.0 Å². The summed E-state index contributed by atoms with van der Waals surface area (Å²) in [5, 5.41) is 3.58. The van der Waals surface area contributed by atoms with E-state index in [4.69, 9.17) is 4.42 Å². The van der Waals surface area contributed by atoms with E-state index >= 15 is 0 Å². The highest BCUT2D eigenvalue weighted by Gasteiger charge is 2.06. The lowest BCUT2D eigenvalue weighted by molar-refractivity contribution is 0.516. The lowest BCUT2D eigenvalue weighted by atomic mass is 10.1. The number of aryl methyl sites for hydroxylation is 1. The number of fused-ring (bicyclic) bond motifs is 1. The van der Waals surface area contributed by atoms with Crippen LogP contribution in [0.2, 0.25) is 0 Å². The van der Waals surface area contributed by atoms with Gasteiger partial charge in [-0.2, -0.15) is 4.98 Å². The van der Waals surface area contributed by atoms with Crippen LogP contribution in [0.4, 0.5) is 6.01 Å². The molecule has 3 rings (SSSR count). The second-order valence-electron chi connectivity index (χ2n) is 4.99. The molecule has 0 aliphatic heterocycles. The Labute approximate surface area is 122 Å². The number of nitrogens with one attached hydrogen (secondary N) is 1. The lowest BCUT2D eigenvalue weighted by Crippen LogP contribution is -2.10. The molecule has 0 bridgehead atoms. The fourth-order valence-electron chi connectivity index (χ4n) is 2.22. The van der Waals surface area contributed by atoms with Gasteiger partial charge in [-0.3, -0.25) is 0 Å². The Hall–Kier alpha value is -2.62. The largest absolute Gasteiger partial charge is 0.389 e. The summed E-state index contributed by atoms with van der Waals surface area (Å²) in [5.74, 6) is 0. The molecule has 0 unspecified atom stereocenters. The summed E-state index contributed by atoms with van der Waals surface area (Å²) >= 11 is 0. The fraction of sp³-hybridized carbons (Fsp3) is 0.176. The average molecular weight is 280 g/mol. The van der Waals surface area contributed by atoms with Gasteiger partial charge in [0.05, 0.1) is 10.9 Å². The number of rotatable bonds is 4. The standard InChI is InChI=1S/C17H16N2O2/c1-12-7-8-15-14(11-12)16(20)21-17(19-15)18-10-9-13-5-3-2-4-6-13/h2-8,11H,9-10H2,1H3,(H,18,19). The molecule has 1 aromatic heterocycles. The molecule has 0 amide bonds. The van der Waals surface area contributed by atoms with E-state index in [-0.39, 0.29) is 11.6 Å². The number of nitrogens with zero attached hydrogens (tertiary/aromatic N) is 1. The zero-order valence-corrected chi connectivity index (χ0v) is 11.8. The van der Waals surface area contributed by atoms with E-state index in [1.165, 1.54) is 5.56 Å². The van der Waals surface area contributed by atoms with Crippen molar-refractivity contribution in [1.29, 1.82) is 0 Å². The molecule has 0 spiro atoms. The van der Waals surface area contributed by atoms with E-state index in [2.05, 4.69) is 22.4 Å². The van der Waals surface area contributed by atoms with Gasteiger partial charge in [-0.25, -0.2) is 4.79 Å². The molecule has 0 saturated heterocycles. The van der Waals surface area contributed by atoms with E-state index < -0.39 is 0 Å². The van der Waals surface area contributed by atoms with Crippen LogP contribution < -0.4 is 10.9 Å². The Morgan fingerprint density at radius 2 is 1.95 bits per heavy atom. The molecule has 3 aromatic rings. The average Bonchev–Trinajstić information content (AvgIpc) is 2.49. The maximum absolute atomic E-state index is 11.9. The lowest BCUT2D eigenvalue weighted by Gasteiger charge is -2.05. The molecule has 1 N–H and O–H groups in total. The van der Waals surface area contributed by atoms with Crippen LogP contribution >= 0.6 is 0 Å². The van der Waals surface area contributed by atoms with E-state index in [1.807, 2.05) is 37.3 Å². The second kappa shape index (κ2) is 5.79. The van der Waals surface area contributed by atoms with Gasteiger partial charge in [0.25, 0.3) is 6.01 Å². The maximum atomic E-state index is 11.9. The molecule has 106 valence electrons. The number of hydrogen-bond donors (Lipinski definition) is 1. The Morgan fingerprint density at radius 1 is 1.14 bits per heavy atom. The summed E-state index contributed by atoms with van der Waals surface area (Å²) in [5.41, 5.74) is 2.54. The molecule has 0 saturated carbocycles. The van der Waals surface area contributed by atoms with Gasteiger partial charge in [-0.1, -0.05) is 42.0 Å². The van der Waals surface area contributed by atoms with E-state index in [0.717, 1.165) is 12.0 Å². The Bertz CT molecular complexity index is 810. The minimum atomic E-state index is -0.356. The molecule has 0 aliphatic carbocycles. The summed E-state index contributed by atoms with van der Waals surface area (Å²) in [6.45, 7) is 2.60. The van der Waals surface area contributed by atoms with Gasteiger partial charge in [-0.15, -0.1) is 0 Å². The van der Waals surface area contributed by atoms with Gasteiger partial charge in [0, 0.05) is 6.54 Å². The Morgan fingerprint density at radius 3 is 2.76 bits per heavy atom. The van der Waals surface area contributed by atoms with Gasteiger partial charge < -0.3 is 9.73 Å². The van der Waals surface area contributed by atoms with Crippen molar-refractivity contribution < 1.29 is 4.42 Å². The first-order chi connectivity index (χ1) is 10.2. The topological polar surface area (TPSA) is 55.1 Å². The van der Waals surface area contributed by atoms with Gasteiger partial charge in [0.15, 0.2) is 0 Å². The summed E-state index contributed by atoms with van der Waals surface area (Å²) < 4.78 is 5.21. The second-order valence-corrected chi connectivity index (χ2v) is 4.99. The van der Waals surface area contributed by atoms with E-state index in [0.29, 0.717) is 17.4 Å². The summed E-state index contributed by atoms with van der Waals surface area (Å²) in [7, 11) is 0. The highest BCUT2D eigenvalue weighted by Crippen LogP contribution is 2.12. The molecular weight excluding hydrogens is 264 g/mol. The molecule has 2 aromatic carbocycles. The zero-order chi connectivity index (χ0) is 14.7. The smallest absolute Gasteiger partial charge is 0.348 e. The van der Waals surface area contributed by atoms with Crippen molar-refractivity contribution in [3.8, 4) is 0 Å². The zero-order valence-electron chi connectivity index (χ0n) is 11.8. The van der Waals surface area contributed by atoms with Crippen molar-refractivity contribution >= 4 is 16.9 Å². The summed E-state index contributed by atoms with van der Waals surface area (Å²) in [6.07, 6.45) is 0.845. The molecule has 1 heterocycles. The van der Waals surface area contributed by atoms with Gasteiger partial charge in [0.2, 0.25) is 0 Å². The summed E-state index contributed by atoms with van der Waals surface area (Å²) in [6, 6.07) is 16.0. The van der Waals surface area contributed by atoms with Crippen molar-refractivity contribution in [3.63, 3.8) is 0 Å².